The average molecular weight is 492 g/mol. The molecule has 2 N–H and O–H groups in total. The predicted molar refractivity (Wildman–Crippen MR) is 133 cm³/mol. The summed E-state index contributed by atoms with van der Waals surface area (Å²) in [7, 11) is 0. The molecule has 0 spiro atoms. The van der Waals surface area contributed by atoms with E-state index < -0.39 is 22.8 Å². The SMILES string of the molecule is CC1=C(C(=O)O)[C@H](c2cccc([N+](=O)[O-])c2)C(C(=O)O[C@H]2CCN(Cc3ccccc3)C2C)=C(C)N1. The minimum Gasteiger partial charge on any atom is -0.478 e. The van der Waals surface area contributed by atoms with Gasteiger partial charge in [0.2, 0.25) is 0 Å². The van der Waals surface area contributed by atoms with Crippen molar-refractivity contribution in [3.8, 4) is 0 Å². The van der Waals surface area contributed by atoms with Crippen LogP contribution in [0.5, 0.6) is 0 Å². The number of carbonyl (C=O) groups excluding carboxylic acids is 1. The number of rotatable bonds is 7. The number of likely N-dealkylation sites (tertiary alicyclic amines) is 1. The summed E-state index contributed by atoms with van der Waals surface area (Å²) in [6.45, 7) is 6.81. The summed E-state index contributed by atoms with van der Waals surface area (Å²) in [5.41, 5.74) is 2.27. The average Bonchev–Trinajstić information content (AvgIpc) is 3.17. The summed E-state index contributed by atoms with van der Waals surface area (Å²) in [5, 5.41) is 24.4. The van der Waals surface area contributed by atoms with Crippen molar-refractivity contribution >= 4 is 17.6 Å². The monoisotopic (exact) mass is 491 g/mol. The van der Waals surface area contributed by atoms with Crippen LogP contribution in [0.25, 0.3) is 0 Å². The molecule has 9 heteroatoms. The van der Waals surface area contributed by atoms with Gasteiger partial charge in [0, 0.05) is 42.7 Å². The van der Waals surface area contributed by atoms with Gasteiger partial charge in [-0.25, -0.2) is 9.59 Å². The highest BCUT2D eigenvalue weighted by Gasteiger charge is 2.40. The molecule has 188 valence electrons. The summed E-state index contributed by atoms with van der Waals surface area (Å²) in [5.74, 6) is -2.84. The minimum atomic E-state index is -1.21. The molecule has 0 aromatic heterocycles. The fourth-order valence-corrected chi connectivity index (χ4v) is 5.07. The summed E-state index contributed by atoms with van der Waals surface area (Å²) in [4.78, 5) is 38.9. The van der Waals surface area contributed by atoms with Gasteiger partial charge in [0.05, 0.1) is 22.0 Å². The molecule has 3 atom stereocenters. The molecule has 2 aliphatic rings. The molecule has 0 amide bonds. The highest BCUT2D eigenvalue weighted by Crippen LogP contribution is 2.40. The molecule has 1 fully saturated rings. The van der Waals surface area contributed by atoms with Crippen molar-refractivity contribution in [3.05, 3.63) is 98.4 Å². The van der Waals surface area contributed by atoms with E-state index in [0.717, 1.165) is 13.1 Å². The Morgan fingerprint density at radius 1 is 1.11 bits per heavy atom. The number of esters is 1. The summed E-state index contributed by atoms with van der Waals surface area (Å²) in [6.07, 6.45) is 0.286. The number of benzene rings is 2. The number of hydrogen-bond donors (Lipinski definition) is 2. The van der Waals surface area contributed by atoms with Crippen molar-refractivity contribution in [2.24, 2.45) is 0 Å². The zero-order valence-electron chi connectivity index (χ0n) is 20.4. The van der Waals surface area contributed by atoms with Crippen LogP contribution in [0.2, 0.25) is 0 Å². The Labute approximate surface area is 209 Å². The normalized spacial score (nSPS) is 22.4. The lowest BCUT2D eigenvalue weighted by atomic mass is 9.80. The molecule has 2 heterocycles. The standard InChI is InChI=1S/C27H29N3O6/c1-16-23(26(31)32)25(20-10-7-11-21(14-20)30(34)35)24(17(2)28-16)27(33)36-22-12-13-29(18(22)3)15-19-8-5-4-6-9-19/h4-11,14,18,22,25,28H,12-13,15H2,1-3H3,(H,31,32)/t18?,22-,25-/m0/s1. The molecular formula is C27H29N3O6. The molecule has 36 heavy (non-hydrogen) atoms. The Kier molecular flexibility index (Phi) is 7.21. The first-order valence-corrected chi connectivity index (χ1v) is 11.8. The number of nitro groups is 1. The van der Waals surface area contributed by atoms with Crippen LogP contribution < -0.4 is 5.32 Å². The summed E-state index contributed by atoms with van der Waals surface area (Å²) >= 11 is 0. The molecule has 0 aliphatic carbocycles. The number of non-ortho nitro benzene ring substituents is 1. The van der Waals surface area contributed by atoms with Gasteiger partial charge < -0.3 is 15.2 Å². The number of nitrogens with zero attached hydrogens (tertiary/aromatic N) is 2. The number of hydrogen-bond acceptors (Lipinski definition) is 7. The van der Waals surface area contributed by atoms with Gasteiger partial charge >= 0.3 is 11.9 Å². The molecule has 1 unspecified atom stereocenters. The van der Waals surface area contributed by atoms with E-state index in [9.17, 15) is 24.8 Å². The Hall–Kier alpha value is -3.98. The van der Waals surface area contributed by atoms with Gasteiger partial charge in [-0.05, 0) is 38.3 Å². The highest BCUT2D eigenvalue weighted by molar-refractivity contribution is 5.99. The van der Waals surface area contributed by atoms with Crippen LogP contribution in [-0.4, -0.2) is 45.6 Å². The van der Waals surface area contributed by atoms with Crippen LogP contribution in [0.3, 0.4) is 0 Å². The Balaban J connectivity index is 1.61. The maximum Gasteiger partial charge on any atom is 0.337 e. The quantitative estimate of drug-likeness (QED) is 0.337. The fraction of sp³-hybridized carbons (Fsp3) is 0.333. The highest BCUT2D eigenvalue weighted by atomic mass is 16.6. The number of dihydropyridines is 1. The van der Waals surface area contributed by atoms with E-state index in [1.165, 1.54) is 23.8 Å². The van der Waals surface area contributed by atoms with E-state index in [-0.39, 0.29) is 29.0 Å². The van der Waals surface area contributed by atoms with E-state index in [1.54, 1.807) is 19.9 Å². The van der Waals surface area contributed by atoms with Gasteiger partial charge in [-0.15, -0.1) is 0 Å². The third kappa shape index (κ3) is 5.01. The number of nitrogens with one attached hydrogen (secondary N) is 1. The lowest BCUT2D eigenvalue weighted by molar-refractivity contribution is -0.384. The lowest BCUT2D eigenvalue weighted by Crippen LogP contribution is -2.37. The van der Waals surface area contributed by atoms with E-state index >= 15 is 0 Å². The van der Waals surface area contributed by atoms with Crippen molar-refractivity contribution < 1.29 is 24.4 Å². The number of carbonyl (C=O) groups is 2. The molecule has 2 aromatic carbocycles. The number of allylic oxidation sites excluding steroid dienone is 2. The van der Waals surface area contributed by atoms with Crippen molar-refractivity contribution in [3.63, 3.8) is 0 Å². The van der Waals surface area contributed by atoms with Crippen LogP contribution in [0.1, 0.15) is 44.2 Å². The van der Waals surface area contributed by atoms with Gasteiger partial charge in [0.25, 0.3) is 5.69 Å². The first-order valence-electron chi connectivity index (χ1n) is 11.8. The summed E-state index contributed by atoms with van der Waals surface area (Å²) in [6, 6.07) is 15.8. The van der Waals surface area contributed by atoms with Gasteiger partial charge in [-0.2, -0.15) is 0 Å². The van der Waals surface area contributed by atoms with Gasteiger partial charge in [0.15, 0.2) is 0 Å². The minimum absolute atomic E-state index is 0.0286. The molecule has 2 aliphatic heterocycles. The Bertz CT molecular complexity index is 1250. The van der Waals surface area contributed by atoms with Crippen LogP contribution in [-0.2, 0) is 20.9 Å². The van der Waals surface area contributed by atoms with Gasteiger partial charge in [0.1, 0.15) is 6.10 Å². The van der Waals surface area contributed by atoms with Gasteiger partial charge in [-0.1, -0.05) is 42.5 Å². The molecule has 1 saturated heterocycles. The van der Waals surface area contributed by atoms with E-state index in [2.05, 4.69) is 22.3 Å². The number of carboxylic acid groups (broad SMARTS) is 1. The first-order chi connectivity index (χ1) is 17.2. The maximum atomic E-state index is 13.6. The summed E-state index contributed by atoms with van der Waals surface area (Å²) < 4.78 is 5.97. The first kappa shape index (κ1) is 25.1. The van der Waals surface area contributed by atoms with Crippen LogP contribution in [0.4, 0.5) is 5.69 Å². The van der Waals surface area contributed by atoms with Gasteiger partial charge in [-0.3, -0.25) is 15.0 Å². The van der Waals surface area contributed by atoms with Crippen LogP contribution in [0.15, 0.2) is 77.1 Å². The number of ether oxygens (including phenoxy) is 1. The molecular weight excluding hydrogens is 462 g/mol. The largest absolute Gasteiger partial charge is 0.478 e. The van der Waals surface area contributed by atoms with Crippen molar-refractivity contribution in [2.75, 3.05) is 6.54 Å². The van der Waals surface area contributed by atoms with E-state index in [1.807, 2.05) is 25.1 Å². The second-order valence-corrected chi connectivity index (χ2v) is 9.22. The number of carboxylic acids is 1. The Morgan fingerprint density at radius 3 is 2.47 bits per heavy atom. The van der Waals surface area contributed by atoms with Crippen molar-refractivity contribution in [1.82, 2.24) is 10.2 Å². The van der Waals surface area contributed by atoms with E-state index in [4.69, 9.17) is 4.74 Å². The fourth-order valence-electron chi connectivity index (χ4n) is 5.07. The molecule has 4 rings (SSSR count). The van der Waals surface area contributed by atoms with Crippen LogP contribution >= 0.6 is 0 Å². The lowest BCUT2D eigenvalue weighted by Gasteiger charge is -2.31. The zero-order valence-corrected chi connectivity index (χ0v) is 20.4. The smallest absolute Gasteiger partial charge is 0.337 e. The van der Waals surface area contributed by atoms with E-state index in [0.29, 0.717) is 23.4 Å². The van der Waals surface area contributed by atoms with Crippen molar-refractivity contribution in [2.45, 2.75) is 51.8 Å². The topological polar surface area (TPSA) is 122 Å². The zero-order chi connectivity index (χ0) is 26.0. The third-order valence-corrected chi connectivity index (χ3v) is 6.93. The number of nitro benzene ring substituents is 1. The molecule has 2 aromatic rings. The molecule has 0 bridgehead atoms. The maximum absolute atomic E-state index is 13.6. The molecule has 0 saturated carbocycles. The predicted octanol–water partition coefficient (Wildman–Crippen LogP) is 4.12. The van der Waals surface area contributed by atoms with Crippen molar-refractivity contribution in [1.29, 1.82) is 0 Å². The third-order valence-electron chi connectivity index (χ3n) is 6.93. The molecule has 9 nitrogen and oxygen atoms in total. The Morgan fingerprint density at radius 2 is 1.81 bits per heavy atom. The number of aliphatic carboxylic acids is 1. The second-order valence-electron chi connectivity index (χ2n) is 9.22. The molecule has 0 radical (unpaired) electrons. The second kappa shape index (κ2) is 10.3. The van der Waals surface area contributed by atoms with Crippen LogP contribution in [0, 0.1) is 10.1 Å².